The first-order chi connectivity index (χ1) is 19.0. The molecule has 2 saturated carbocycles. The fourth-order valence-electron chi connectivity index (χ4n) is 4.52. The molecule has 2 fully saturated rings. The van der Waals surface area contributed by atoms with Gasteiger partial charge in [0.05, 0.1) is 24.9 Å². The number of carbonyl (C=O) groups excluding carboxylic acids is 2. The number of hydrogen-bond acceptors (Lipinski definition) is 8. The number of pyridine rings is 1. The smallest absolute Gasteiger partial charge is 0.417 e. The summed E-state index contributed by atoms with van der Waals surface area (Å²) in [5, 5.41) is 5.57. The van der Waals surface area contributed by atoms with Crippen LogP contribution < -0.4 is 26.8 Å². The highest BCUT2D eigenvalue weighted by Gasteiger charge is 2.48. The number of alkyl halides is 3. The second-order valence-corrected chi connectivity index (χ2v) is 10.1. The summed E-state index contributed by atoms with van der Waals surface area (Å²) in [6.45, 7) is 3.43. The summed E-state index contributed by atoms with van der Waals surface area (Å²) in [6, 6.07) is -0.117. The van der Waals surface area contributed by atoms with Crippen molar-refractivity contribution >= 4 is 23.7 Å². The maximum Gasteiger partial charge on any atom is 0.417 e. The van der Waals surface area contributed by atoms with Crippen LogP contribution in [0.2, 0.25) is 0 Å². The van der Waals surface area contributed by atoms with Crippen molar-refractivity contribution in [1.82, 2.24) is 15.6 Å². The van der Waals surface area contributed by atoms with E-state index in [4.69, 9.17) is 16.2 Å². The van der Waals surface area contributed by atoms with Crippen LogP contribution in [-0.4, -0.2) is 47.9 Å². The van der Waals surface area contributed by atoms with Gasteiger partial charge >= 0.3 is 6.18 Å². The predicted octanol–water partition coefficient (Wildman–Crippen LogP) is 2.84. The number of aromatic nitrogens is 1. The maximum atomic E-state index is 13.5. The Balaban J connectivity index is 1.78. The first-order valence-corrected chi connectivity index (χ1v) is 13.1. The molecule has 2 aliphatic rings. The van der Waals surface area contributed by atoms with Crippen molar-refractivity contribution < 1.29 is 27.5 Å². The molecule has 40 heavy (non-hydrogen) atoms. The van der Waals surface area contributed by atoms with Crippen LogP contribution in [0.4, 0.5) is 13.2 Å². The zero-order valence-electron chi connectivity index (χ0n) is 22.7. The van der Waals surface area contributed by atoms with Crippen LogP contribution in [0, 0.1) is 17.8 Å². The van der Waals surface area contributed by atoms with Gasteiger partial charge in [-0.15, -0.1) is 0 Å². The summed E-state index contributed by atoms with van der Waals surface area (Å²) < 4.78 is 44.4. The Kier molecular flexibility index (Phi) is 10.3. The SMILES string of the molecule is COc1ncc(C(F)(F)F)cc1CN=CC(=CN)NC(=O)C(NC(=O)C(C=CN)=NC(C)C)C(C1CC1)C1CC1. The van der Waals surface area contributed by atoms with Gasteiger partial charge in [-0.25, -0.2) is 4.98 Å². The number of amides is 2. The monoisotopic (exact) mass is 563 g/mol. The Morgan fingerprint density at radius 3 is 2.35 bits per heavy atom. The van der Waals surface area contributed by atoms with Gasteiger partial charge < -0.3 is 26.8 Å². The first kappa shape index (κ1) is 30.6. The number of methoxy groups -OCH3 is 1. The van der Waals surface area contributed by atoms with Crippen LogP contribution in [0.3, 0.4) is 0 Å². The fourth-order valence-corrected chi connectivity index (χ4v) is 4.52. The number of nitrogens with two attached hydrogens (primary N) is 2. The highest BCUT2D eigenvalue weighted by Crippen LogP contribution is 2.50. The number of carbonyl (C=O) groups is 2. The van der Waals surface area contributed by atoms with Gasteiger partial charge in [-0.1, -0.05) is 0 Å². The normalized spacial score (nSPS) is 17.6. The van der Waals surface area contributed by atoms with Crippen molar-refractivity contribution in [2.75, 3.05) is 7.11 Å². The molecule has 0 radical (unpaired) electrons. The van der Waals surface area contributed by atoms with Gasteiger partial charge in [0.25, 0.3) is 5.91 Å². The largest absolute Gasteiger partial charge is 0.481 e. The summed E-state index contributed by atoms with van der Waals surface area (Å²) >= 11 is 0. The molecular weight excluding hydrogens is 527 g/mol. The third kappa shape index (κ3) is 8.55. The Labute approximate surface area is 231 Å². The van der Waals surface area contributed by atoms with E-state index in [0.717, 1.165) is 37.9 Å². The van der Waals surface area contributed by atoms with Gasteiger partial charge in [-0.05, 0) is 75.6 Å². The minimum absolute atomic E-state index is 0.00246. The molecule has 6 N–H and O–H groups in total. The van der Waals surface area contributed by atoms with Crippen LogP contribution in [0.25, 0.3) is 0 Å². The molecule has 0 spiro atoms. The molecule has 0 saturated heterocycles. The number of ether oxygens (including phenoxy) is 1. The minimum Gasteiger partial charge on any atom is -0.481 e. The molecule has 0 aliphatic heterocycles. The van der Waals surface area contributed by atoms with Gasteiger partial charge in [0, 0.05) is 30.2 Å². The summed E-state index contributed by atoms with van der Waals surface area (Å²) in [4.78, 5) is 38.8. The van der Waals surface area contributed by atoms with Crippen molar-refractivity contribution in [2.45, 2.75) is 64.3 Å². The molecule has 2 amide bonds. The first-order valence-electron chi connectivity index (χ1n) is 13.1. The van der Waals surface area contributed by atoms with Crippen molar-refractivity contribution in [3.05, 3.63) is 47.6 Å². The number of hydrogen-bond donors (Lipinski definition) is 4. The second kappa shape index (κ2) is 13.4. The lowest BCUT2D eigenvalue weighted by atomic mass is 9.88. The number of halogens is 3. The van der Waals surface area contributed by atoms with Crippen molar-refractivity contribution in [2.24, 2.45) is 39.2 Å². The van der Waals surface area contributed by atoms with Gasteiger partial charge in [-0.2, -0.15) is 13.2 Å². The molecule has 218 valence electrons. The molecule has 1 unspecified atom stereocenters. The molecule has 1 aromatic rings. The Hall–Kier alpha value is -3.90. The lowest BCUT2D eigenvalue weighted by Gasteiger charge is -2.27. The highest BCUT2D eigenvalue weighted by atomic mass is 19.4. The third-order valence-electron chi connectivity index (χ3n) is 6.56. The van der Waals surface area contributed by atoms with E-state index in [9.17, 15) is 22.8 Å². The van der Waals surface area contributed by atoms with E-state index < -0.39 is 29.6 Å². The molecule has 13 heteroatoms. The zero-order chi connectivity index (χ0) is 29.4. The Morgan fingerprint density at radius 1 is 1.20 bits per heavy atom. The molecule has 2 aliphatic carbocycles. The average Bonchev–Trinajstić information content (AvgIpc) is 3.82. The standard InChI is InChI=1S/C27H36F3N7O3/c1-15(2)35-21(8-9-31)24(38)37-23(22(16-4-5-16)17-6-7-17)25(39)36-20(11-32)14-33-12-18-10-19(27(28,29)30)13-34-26(18)40-3/h8-11,13-17,22-23H,4-7,12,31-32H2,1-3H3,(H,36,39)(H,37,38). The van der Waals surface area contributed by atoms with E-state index in [1.54, 1.807) is 0 Å². The second-order valence-electron chi connectivity index (χ2n) is 10.1. The lowest BCUT2D eigenvalue weighted by Crippen LogP contribution is -2.53. The van der Waals surface area contributed by atoms with E-state index >= 15 is 0 Å². The molecule has 10 nitrogen and oxygen atoms in total. The number of nitrogens with zero attached hydrogens (tertiary/aromatic N) is 3. The molecule has 1 atom stereocenters. The molecule has 3 rings (SSSR count). The summed E-state index contributed by atoms with van der Waals surface area (Å²) in [5.41, 5.74) is 10.6. The summed E-state index contributed by atoms with van der Waals surface area (Å²) in [6.07, 6.45) is 4.98. The summed E-state index contributed by atoms with van der Waals surface area (Å²) in [5.74, 6) is -0.407. The maximum absolute atomic E-state index is 13.5. The van der Waals surface area contributed by atoms with E-state index in [2.05, 4.69) is 25.6 Å². The molecule has 1 heterocycles. The predicted molar refractivity (Wildman–Crippen MR) is 145 cm³/mol. The molecule has 1 aromatic heterocycles. The van der Waals surface area contributed by atoms with E-state index in [1.165, 1.54) is 25.6 Å². The van der Waals surface area contributed by atoms with E-state index in [1.807, 2.05) is 13.8 Å². The van der Waals surface area contributed by atoms with Gasteiger partial charge in [0.2, 0.25) is 11.8 Å². The van der Waals surface area contributed by atoms with Gasteiger partial charge in [0.15, 0.2) is 0 Å². The van der Waals surface area contributed by atoms with Gasteiger partial charge in [0.1, 0.15) is 11.8 Å². The summed E-state index contributed by atoms with van der Waals surface area (Å²) in [7, 11) is 1.29. The van der Waals surface area contributed by atoms with E-state index in [0.29, 0.717) is 18.0 Å². The topological polar surface area (TPSA) is 157 Å². The van der Waals surface area contributed by atoms with Crippen LogP contribution in [-0.2, 0) is 22.3 Å². The van der Waals surface area contributed by atoms with Crippen LogP contribution in [0.1, 0.15) is 50.7 Å². The van der Waals surface area contributed by atoms with Crippen LogP contribution in [0.15, 0.2) is 46.4 Å². The molecule has 0 bridgehead atoms. The van der Waals surface area contributed by atoms with E-state index in [-0.39, 0.29) is 41.4 Å². The highest BCUT2D eigenvalue weighted by molar-refractivity contribution is 6.43. The quantitative estimate of drug-likeness (QED) is 0.270. The van der Waals surface area contributed by atoms with Crippen molar-refractivity contribution in [3.8, 4) is 5.88 Å². The van der Waals surface area contributed by atoms with Crippen molar-refractivity contribution in [1.29, 1.82) is 0 Å². The third-order valence-corrected chi connectivity index (χ3v) is 6.56. The van der Waals surface area contributed by atoms with Crippen molar-refractivity contribution in [3.63, 3.8) is 0 Å². The lowest BCUT2D eigenvalue weighted by molar-refractivity contribution is -0.138. The average molecular weight is 564 g/mol. The number of rotatable bonds is 13. The number of nitrogens with one attached hydrogen (secondary N) is 2. The molecular formula is C27H36F3N7O3. The number of allylic oxidation sites excluding steroid dienone is 1. The van der Waals surface area contributed by atoms with Crippen LogP contribution >= 0.6 is 0 Å². The fraction of sp³-hybridized carbons (Fsp3) is 0.519. The Bertz CT molecular complexity index is 1170. The zero-order valence-corrected chi connectivity index (χ0v) is 22.7. The van der Waals surface area contributed by atoms with Crippen LogP contribution in [0.5, 0.6) is 5.88 Å². The molecule has 0 aromatic carbocycles. The Morgan fingerprint density at radius 2 is 1.85 bits per heavy atom. The number of aliphatic imine (C=N–C) groups is 2. The minimum atomic E-state index is -4.58. The van der Waals surface area contributed by atoms with Gasteiger partial charge in [-0.3, -0.25) is 19.6 Å².